The van der Waals surface area contributed by atoms with Crippen LogP contribution in [0.4, 0.5) is 0 Å². The van der Waals surface area contributed by atoms with Crippen molar-refractivity contribution in [3.63, 3.8) is 0 Å². The zero-order valence-electron chi connectivity index (χ0n) is 11.0. The van der Waals surface area contributed by atoms with Crippen LogP contribution in [0.2, 0.25) is 0 Å². The molecule has 4 heteroatoms. The standard InChI is InChI=1S/C15H16O4/c1-11(9-10-18-13(3)16)12(2)19-15(17)14-7-5-4-6-8-14/h4-10,12H,1H2,2-3H3/b10-9+. The summed E-state index contributed by atoms with van der Waals surface area (Å²) in [7, 11) is 0. The van der Waals surface area contributed by atoms with Crippen LogP contribution in [0.3, 0.4) is 0 Å². The Morgan fingerprint density at radius 1 is 1.26 bits per heavy atom. The Balaban J connectivity index is 2.53. The molecular weight excluding hydrogens is 244 g/mol. The average molecular weight is 260 g/mol. The molecule has 1 unspecified atom stereocenters. The first-order valence-electron chi connectivity index (χ1n) is 5.79. The van der Waals surface area contributed by atoms with Crippen LogP contribution in [0.15, 0.2) is 54.8 Å². The van der Waals surface area contributed by atoms with Crippen molar-refractivity contribution < 1.29 is 19.1 Å². The topological polar surface area (TPSA) is 52.6 Å². The minimum atomic E-state index is -0.500. The van der Waals surface area contributed by atoms with Crippen molar-refractivity contribution in [1.82, 2.24) is 0 Å². The van der Waals surface area contributed by atoms with Gasteiger partial charge in [-0.05, 0) is 30.7 Å². The predicted molar refractivity (Wildman–Crippen MR) is 71.4 cm³/mol. The van der Waals surface area contributed by atoms with Crippen molar-refractivity contribution in [1.29, 1.82) is 0 Å². The Kier molecular flexibility index (Phi) is 5.54. The molecule has 0 N–H and O–H groups in total. The molecule has 0 amide bonds. The zero-order chi connectivity index (χ0) is 14.3. The van der Waals surface area contributed by atoms with Gasteiger partial charge in [0.1, 0.15) is 6.10 Å². The minimum absolute atomic E-state index is 0.419. The van der Waals surface area contributed by atoms with Crippen LogP contribution >= 0.6 is 0 Å². The lowest BCUT2D eigenvalue weighted by atomic mass is 10.2. The van der Waals surface area contributed by atoms with Gasteiger partial charge in [-0.3, -0.25) is 4.79 Å². The summed E-state index contributed by atoms with van der Waals surface area (Å²) in [4.78, 5) is 22.3. The predicted octanol–water partition coefficient (Wildman–Crippen LogP) is 2.86. The Hall–Kier alpha value is -2.36. The fraction of sp³-hybridized carbons (Fsp3) is 0.200. The fourth-order valence-electron chi connectivity index (χ4n) is 1.23. The minimum Gasteiger partial charge on any atom is -0.454 e. The second-order valence-electron chi connectivity index (χ2n) is 3.90. The van der Waals surface area contributed by atoms with E-state index < -0.39 is 18.0 Å². The van der Waals surface area contributed by atoms with E-state index in [4.69, 9.17) is 4.74 Å². The summed E-state index contributed by atoms with van der Waals surface area (Å²) < 4.78 is 9.86. The van der Waals surface area contributed by atoms with Gasteiger partial charge >= 0.3 is 11.9 Å². The first-order valence-corrected chi connectivity index (χ1v) is 5.79. The molecule has 0 saturated carbocycles. The molecule has 0 aliphatic heterocycles. The summed E-state index contributed by atoms with van der Waals surface area (Å²) in [5.41, 5.74) is 1.01. The van der Waals surface area contributed by atoms with Crippen molar-refractivity contribution >= 4 is 11.9 Å². The normalized spacial score (nSPS) is 11.9. The second kappa shape index (κ2) is 7.16. The van der Waals surface area contributed by atoms with Crippen LogP contribution in [0.5, 0.6) is 0 Å². The third kappa shape index (κ3) is 5.21. The van der Waals surface area contributed by atoms with Crippen LogP contribution in [0.1, 0.15) is 24.2 Å². The summed E-state index contributed by atoms with van der Waals surface area (Å²) in [6.07, 6.45) is 2.21. The molecule has 1 aromatic rings. The number of benzene rings is 1. The highest BCUT2D eigenvalue weighted by Gasteiger charge is 2.12. The van der Waals surface area contributed by atoms with E-state index in [9.17, 15) is 9.59 Å². The average Bonchev–Trinajstić information content (AvgIpc) is 2.39. The van der Waals surface area contributed by atoms with E-state index in [1.54, 1.807) is 31.2 Å². The highest BCUT2D eigenvalue weighted by Crippen LogP contribution is 2.10. The molecule has 0 aliphatic rings. The summed E-state index contributed by atoms with van der Waals surface area (Å²) in [5, 5.41) is 0. The monoisotopic (exact) mass is 260 g/mol. The molecule has 0 aliphatic carbocycles. The molecule has 0 saturated heterocycles. The van der Waals surface area contributed by atoms with Gasteiger partial charge in [0.2, 0.25) is 0 Å². The number of ether oxygens (including phenoxy) is 2. The molecule has 0 aromatic heterocycles. The molecular formula is C15H16O4. The van der Waals surface area contributed by atoms with E-state index in [1.807, 2.05) is 6.07 Å². The Labute approximate surface area is 112 Å². The molecule has 0 radical (unpaired) electrons. The largest absolute Gasteiger partial charge is 0.454 e. The molecule has 1 aromatic carbocycles. The summed E-state index contributed by atoms with van der Waals surface area (Å²) in [5.74, 6) is -0.840. The van der Waals surface area contributed by atoms with E-state index >= 15 is 0 Å². The van der Waals surface area contributed by atoms with E-state index in [0.717, 1.165) is 0 Å². The van der Waals surface area contributed by atoms with Crippen molar-refractivity contribution in [2.75, 3.05) is 0 Å². The highest BCUT2D eigenvalue weighted by molar-refractivity contribution is 5.89. The Bertz CT molecular complexity index is 488. The molecule has 0 fully saturated rings. The van der Waals surface area contributed by atoms with Crippen LogP contribution in [0, 0.1) is 0 Å². The zero-order valence-corrected chi connectivity index (χ0v) is 11.0. The third-order valence-electron chi connectivity index (χ3n) is 2.33. The van der Waals surface area contributed by atoms with Crippen LogP contribution in [-0.2, 0) is 14.3 Å². The van der Waals surface area contributed by atoms with Crippen LogP contribution in [0.25, 0.3) is 0 Å². The smallest absolute Gasteiger partial charge is 0.338 e. The van der Waals surface area contributed by atoms with E-state index in [2.05, 4.69) is 11.3 Å². The lowest BCUT2D eigenvalue weighted by Crippen LogP contribution is -2.16. The molecule has 4 nitrogen and oxygen atoms in total. The fourth-order valence-corrected chi connectivity index (χ4v) is 1.23. The molecule has 0 spiro atoms. The molecule has 1 rings (SSSR count). The van der Waals surface area contributed by atoms with Crippen molar-refractivity contribution in [3.05, 3.63) is 60.4 Å². The van der Waals surface area contributed by atoms with Gasteiger partial charge in [0.15, 0.2) is 0 Å². The van der Waals surface area contributed by atoms with Crippen molar-refractivity contribution in [2.45, 2.75) is 20.0 Å². The highest BCUT2D eigenvalue weighted by atomic mass is 16.5. The van der Waals surface area contributed by atoms with Crippen molar-refractivity contribution in [3.8, 4) is 0 Å². The number of esters is 2. The van der Waals surface area contributed by atoms with Gasteiger partial charge < -0.3 is 9.47 Å². The number of hydrogen-bond acceptors (Lipinski definition) is 4. The maximum Gasteiger partial charge on any atom is 0.338 e. The van der Waals surface area contributed by atoms with Gasteiger partial charge in [0.25, 0.3) is 0 Å². The molecule has 100 valence electrons. The summed E-state index contributed by atoms with van der Waals surface area (Å²) in [6, 6.07) is 8.69. The van der Waals surface area contributed by atoms with E-state index in [1.165, 1.54) is 19.3 Å². The lowest BCUT2D eigenvalue weighted by molar-refractivity contribution is -0.135. The van der Waals surface area contributed by atoms with Gasteiger partial charge in [0, 0.05) is 6.92 Å². The molecule has 1 atom stereocenters. The molecule has 0 heterocycles. The number of rotatable bonds is 5. The first-order chi connectivity index (χ1) is 9.00. The van der Waals surface area contributed by atoms with Gasteiger partial charge in [0.05, 0.1) is 11.8 Å². The number of carbonyl (C=O) groups is 2. The summed E-state index contributed by atoms with van der Waals surface area (Å²) >= 11 is 0. The molecule has 0 bridgehead atoms. The quantitative estimate of drug-likeness (QED) is 0.464. The maximum atomic E-state index is 11.8. The Morgan fingerprint density at radius 3 is 2.47 bits per heavy atom. The first kappa shape index (κ1) is 14.7. The summed E-state index contributed by atoms with van der Waals surface area (Å²) in [6.45, 7) is 6.74. The van der Waals surface area contributed by atoms with Crippen LogP contribution < -0.4 is 0 Å². The lowest BCUT2D eigenvalue weighted by Gasteiger charge is -2.13. The van der Waals surface area contributed by atoms with Gasteiger partial charge in [-0.1, -0.05) is 24.8 Å². The van der Waals surface area contributed by atoms with Crippen LogP contribution in [-0.4, -0.2) is 18.0 Å². The van der Waals surface area contributed by atoms with E-state index in [-0.39, 0.29) is 0 Å². The van der Waals surface area contributed by atoms with Crippen molar-refractivity contribution in [2.24, 2.45) is 0 Å². The number of hydrogen-bond donors (Lipinski definition) is 0. The number of carbonyl (C=O) groups excluding carboxylic acids is 2. The van der Waals surface area contributed by atoms with Gasteiger partial charge in [-0.25, -0.2) is 4.79 Å². The third-order valence-corrected chi connectivity index (χ3v) is 2.33. The maximum absolute atomic E-state index is 11.8. The van der Waals surface area contributed by atoms with Gasteiger partial charge in [-0.2, -0.15) is 0 Å². The SMILES string of the molecule is C=C(/C=C/OC(C)=O)C(C)OC(=O)c1ccccc1. The Morgan fingerprint density at radius 2 is 1.89 bits per heavy atom. The van der Waals surface area contributed by atoms with Gasteiger partial charge in [-0.15, -0.1) is 0 Å². The molecule has 19 heavy (non-hydrogen) atoms. The second-order valence-corrected chi connectivity index (χ2v) is 3.90. The van der Waals surface area contributed by atoms with E-state index in [0.29, 0.717) is 11.1 Å².